The van der Waals surface area contributed by atoms with Crippen LogP contribution in [0, 0.1) is 6.92 Å². The van der Waals surface area contributed by atoms with Crippen molar-refractivity contribution in [3.05, 3.63) is 60.4 Å². The van der Waals surface area contributed by atoms with E-state index >= 15 is 0 Å². The molecule has 2 aromatic carbocycles. The first-order valence-electron chi connectivity index (χ1n) is 10.6. The number of ether oxygens (including phenoxy) is 1. The predicted octanol–water partition coefficient (Wildman–Crippen LogP) is 4.25. The van der Waals surface area contributed by atoms with E-state index in [0.29, 0.717) is 34.8 Å². The molecule has 0 bridgehead atoms. The van der Waals surface area contributed by atoms with Crippen molar-refractivity contribution in [3.63, 3.8) is 0 Å². The maximum Gasteiger partial charge on any atom is 0.262 e. The normalized spacial score (nSPS) is 19.1. The van der Waals surface area contributed by atoms with Crippen LogP contribution in [0.5, 0.6) is 5.75 Å². The molecule has 0 radical (unpaired) electrons. The smallest absolute Gasteiger partial charge is 0.262 e. The largest absolute Gasteiger partial charge is 0.495 e. The Labute approximate surface area is 189 Å². The Bertz CT molecular complexity index is 1180. The van der Waals surface area contributed by atoms with E-state index < -0.39 is 10.0 Å². The zero-order chi connectivity index (χ0) is 22.9. The van der Waals surface area contributed by atoms with Crippen molar-refractivity contribution in [2.45, 2.75) is 37.8 Å². The van der Waals surface area contributed by atoms with Gasteiger partial charge in [-0.1, -0.05) is 0 Å². The minimum atomic E-state index is -3.82. The summed E-state index contributed by atoms with van der Waals surface area (Å²) in [6, 6.07) is 15.1. The number of benzene rings is 2. The van der Waals surface area contributed by atoms with Crippen LogP contribution in [-0.2, 0) is 10.0 Å². The second kappa shape index (κ2) is 8.88. The van der Waals surface area contributed by atoms with Gasteiger partial charge in [0.15, 0.2) is 0 Å². The van der Waals surface area contributed by atoms with Crippen molar-refractivity contribution in [2.24, 2.45) is 0 Å². The molecular weight excluding hydrogens is 426 g/mol. The summed E-state index contributed by atoms with van der Waals surface area (Å²) < 4.78 is 40.1. The molecule has 0 amide bonds. The first-order valence-corrected chi connectivity index (χ1v) is 12.1. The fourth-order valence-electron chi connectivity index (χ4n) is 4.26. The molecule has 2 atom stereocenters. The first-order chi connectivity index (χ1) is 15.3. The molecule has 8 heteroatoms. The minimum absolute atomic E-state index is 0.213. The summed E-state index contributed by atoms with van der Waals surface area (Å²) in [6.45, 7) is 7.75. The number of anilines is 2. The standard InChI is InChI=1S/C24H29N3O4S/c1-16-12-19(22-6-5-11-31-22)7-10-24(16)32(28,29)26-21-13-20(8-9-23(21)30-4)27-14-17(2)25-18(3)15-27/h5-13,17-18,25-26H,14-15H2,1-4H3. The Morgan fingerprint density at radius 3 is 2.47 bits per heavy atom. The van der Waals surface area contributed by atoms with E-state index in [1.54, 1.807) is 37.5 Å². The molecule has 7 nitrogen and oxygen atoms in total. The van der Waals surface area contributed by atoms with Crippen LogP contribution in [0.2, 0.25) is 0 Å². The Balaban J connectivity index is 1.64. The predicted molar refractivity (Wildman–Crippen MR) is 127 cm³/mol. The number of rotatable bonds is 6. The zero-order valence-electron chi connectivity index (χ0n) is 18.8. The van der Waals surface area contributed by atoms with Gasteiger partial charge in [-0.2, -0.15) is 0 Å². The number of hydrogen-bond acceptors (Lipinski definition) is 6. The van der Waals surface area contributed by atoms with Gasteiger partial charge in [-0.3, -0.25) is 4.72 Å². The van der Waals surface area contributed by atoms with Crippen LogP contribution in [0.25, 0.3) is 11.3 Å². The molecule has 32 heavy (non-hydrogen) atoms. The third-order valence-electron chi connectivity index (χ3n) is 5.62. The summed E-state index contributed by atoms with van der Waals surface area (Å²) in [5.74, 6) is 1.16. The molecule has 2 N–H and O–H groups in total. The lowest BCUT2D eigenvalue weighted by atomic mass is 10.1. The highest BCUT2D eigenvalue weighted by Gasteiger charge is 2.24. The molecule has 2 heterocycles. The van der Waals surface area contributed by atoms with Gasteiger partial charge in [0.25, 0.3) is 10.0 Å². The van der Waals surface area contributed by atoms with Gasteiger partial charge in [0.2, 0.25) is 0 Å². The van der Waals surface area contributed by atoms with Crippen LogP contribution >= 0.6 is 0 Å². The van der Waals surface area contributed by atoms with Gasteiger partial charge < -0.3 is 19.4 Å². The molecule has 1 aromatic heterocycles. The average Bonchev–Trinajstić information content (AvgIpc) is 3.27. The van der Waals surface area contributed by atoms with Crippen molar-refractivity contribution in [2.75, 3.05) is 29.8 Å². The van der Waals surface area contributed by atoms with Crippen molar-refractivity contribution < 1.29 is 17.6 Å². The van der Waals surface area contributed by atoms with E-state index in [1.165, 1.54) is 7.11 Å². The molecule has 170 valence electrons. The van der Waals surface area contributed by atoms with E-state index in [4.69, 9.17) is 9.15 Å². The van der Waals surface area contributed by atoms with Gasteiger partial charge >= 0.3 is 0 Å². The van der Waals surface area contributed by atoms with Gasteiger partial charge in [-0.05, 0) is 74.9 Å². The van der Waals surface area contributed by atoms with Gasteiger partial charge in [0.1, 0.15) is 11.5 Å². The minimum Gasteiger partial charge on any atom is -0.495 e. The van der Waals surface area contributed by atoms with E-state index in [0.717, 1.165) is 24.3 Å². The van der Waals surface area contributed by atoms with Crippen LogP contribution in [0.4, 0.5) is 11.4 Å². The van der Waals surface area contributed by atoms with Crippen LogP contribution < -0.4 is 19.7 Å². The number of hydrogen-bond donors (Lipinski definition) is 2. The van der Waals surface area contributed by atoms with Crippen molar-refractivity contribution in [3.8, 4) is 17.1 Å². The molecule has 0 saturated carbocycles. The number of nitrogens with one attached hydrogen (secondary N) is 2. The number of methoxy groups -OCH3 is 1. The van der Waals surface area contributed by atoms with Gasteiger partial charge in [0.05, 0.1) is 24.0 Å². The maximum absolute atomic E-state index is 13.3. The van der Waals surface area contributed by atoms with E-state index in [1.807, 2.05) is 24.3 Å². The van der Waals surface area contributed by atoms with Crippen molar-refractivity contribution in [1.82, 2.24) is 5.32 Å². The Kier molecular flexibility index (Phi) is 6.17. The molecule has 1 aliphatic rings. The quantitative estimate of drug-likeness (QED) is 0.578. The number of nitrogens with zero attached hydrogens (tertiary/aromatic N) is 1. The molecule has 1 saturated heterocycles. The third-order valence-corrected chi connectivity index (χ3v) is 7.15. The second-order valence-electron chi connectivity index (χ2n) is 8.32. The maximum atomic E-state index is 13.3. The summed E-state index contributed by atoms with van der Waals surface area (Å²) in [5.41, 5.74) is 2.83. The zero-order valence-corrected chi connectivity index (χ0v) is 19.6. The van der Waals surface area contributed by atoms with E-state index in [9.17, 15) is 8.42 Å². The third kappa shape index (κ3) is 4.61. The lowest BCUT2D eigenvalue weighted by Crippen LogP contribution is -2.54. The van der Waals surface area contributed by atoms with Crippen LogP contribution in [0.15, 0.2) is 64.1 Å². The average molecular weight is 456 g/mol. The van der Waals surface area contributed by atoms with Gasteiger partial charge in [0, 0.05) is 36.4 Å². The summed E-state index contributed by atoms with van der Waals surface area (Å²) in [6.07, 6.45) is 1.59. The summed E-state index contributed by atoms with van der Waals surface area (Å²) >= 11 is 0. The number of sulfonamides is 1. The highest BCUT2D eigenvalue weighted by Crippen LogP contribution is 2.33. The van der Waals surface area contributed by atoms with E-state index in [-0.39, 0.29) is 4.90 Å². The first kappa shape index (κ1) is 22.2. The Hall–Kier alpha value is -2.97. The molecular formula is C24H29N3O4S. The lowest BCUT2D eigenvalue weighted by Gasteiger charge is -2.38. The molecule has 1 fully saturated rings. The monoisotopic (exact) mass is 455 g/mol. The molecule has 4 rings (SSSR count). The number of piperazine rings is 1. The molecule has 2 unspecified atom stereocenters. The topological polar surface area (TPSA) is 83.8 Å². The van der Waals surface area contributed by atoms with Crippen molar-refractivity contribution in [1.29, 1.82) is 0 Å². The van der Waals surface area contributed by atoms with Crippen molar-refractivity contribution >= 4 is 21.4 Å². The molecule has 0 spiro atoms. The van der Waals surface area contributed by atoms with Gasteiger partial charge in [-0.25, -0.2) is 8.42 Å². The summed E-state index contributed by atoms with van der Waals surface area (Å²) in [7, 11) is -2.29. The Morgan fingerprint density at radius 1 is 1.09 bits per heavy atom. The summed E-state index contributed by atoms with van der Waals surface area (Å²) in [5, 5.41) is 3.51. The van der Waals surface area contributed by atoms with Gasteiger partial charge in [-0.15, -0.1) is 0 Å². The SMILES string of the molecule is COc1ccc(N2CC(C)NC(C)C2)cc1NS(=O)(=O)c1ccc(-c2ccco2)cc1C. The molecule has 0 aliphatic carbocycles. The fourth-order valence-corrected chi connectivity index (χ4v) is 5.55. The molecule has 3 aromatic rings. The lowest BCUT2D eigenvalue weighted by molar-refractivity contribution is 0.406. The fraction of sp³-hybridized carbons (Fsp3) is 0.333. The van der Waals surface area contributed by atoms with Crippen LogP contribution in [-0.4, -0.2) is 40.7 Å². The van der Waals surface area contributed by atoms with Crippen LogP contribution in [0.1, 0.15) is 19.4 Å². The highest BCUT2D eigenvalue weighted by atomic mass is 32.2. The van der Waals surface area contributed by atoms with Crippen LogP contribution in [0.3, 0.4) is 0 Å². The molecule has 1 aliphatic heterocycles. The van der Waals surface area contributed by atoms with E-state index in [2.05, 4.69) is 28.8 Å². The number of furan rings is 1. The second-order valence-corrected chi connectivity index (χ2v) is 9.97. The highest BCUT2D eigenvalue weighted by molar-refractivity contribution is 7.92. The Morgan fingerprint density at radius 2 is 1.84 bits per heavy atom. The summed E-state index contributed by atoms with van der Waals surface area (Å²) in [4.78, 5) is 2.47. The number of aryl methyl sites for hydroxylation is 1.